The van der Waals surface area contributed by atoms with Crippen LogP contribution in [0.4, 0.5) is 13.2 Å². The number of ether oxygens (including phenoxy) is 1. The highest BCUT2D eigenvalue weighted by molar-refractivity contribution is 6.06. The first-order valence-corrected chi connectivity index (χ1v) is 9.67. The summed E-state index contributed by atoms with van der Waals surface area (Å²) in [5, 5.41) is 3.76. The van der Waals surface area contributed by atoms with Gasteiger partial charge in [0.25, 0.3) is 0 Å². The summed E-state index contributed by atoms with van der Waals surface area (Å²) >= 11 is 0. The molecule has 0 unspecified atom stereocenters. The second-order valence-electron chi connectivity index (χ2n) is 7.19. The lowest BCUT2D eigenvalue weighted by Gasteiger charge is -2.14. The Balaban J connectivity index is 1.87. The van der Waals surface area contributed by atoms with Gasteiger partial charge in [0.15, 0.2) is 17.3 Å². The molecule has 0 bridgehead atoms. The SMILES string of the molecule is CCOC(=O)c1cnn(-c2cccc(-c3cc(C)cc4c3C(=O)CC4)n2)c1C(F)(F)F. The van der Waals surface area contributed by atoms with Crippen LogP contribution in [0.15, 0.2) is 36.5 Å². The van der Waals surface area contributed by atoms with Gasteiger partial charge in [-0.1, -0.05) is 17.7 Å². The van der Waals surface area contributed by atoms with Gasteiger partial charge in [-0.2, -0.15) is 18.3 Å². The molecule has 0 fully saturated rings. The van der Waals surface area contributed by atoms with E-state index in [1.54, 1.807) is 12.1 Å². The number of esters is 1. The molecule has 0 N–H and O–H groups in total. The molecule has 2 heterocycles. The molecule has 0 saturated heterocycles. The number of pyridine rings is 1. The number of benzene rings is 1. The van der Waals surface area contributed by atoms with E-state index in [1.165, 1.54) is 19.1 Å². The molecule has 9 heteroatoms. The van der Waals surface area contributed by atoms with Crippen molar-refractivity contribution in [2.75, 3.05) is 6.61 Å². The Morgan fingerprint density at radius 3 is 2.71 bits per heavy atom. The zero-order chi connectivity index (χ0) is 22.3. The lowest BCUT2D eigenvalue weighted by molar-refractivity contribution is -0.143. The number of rotatable bonds is 4. The van der Waals surface area contributed by atoms with Crippen LogP contribution in [0, 0.1) is 6.92 Å². The van der Waals surface area contributed by atoms with Crippen molar-refractivity contribution >= 4 is 11.8 Å². The molecular formula is C22H18F3N3O3. The lowest BCUT2D eigenvalue weighted by Crippen LogP contribution is -2.19. The molecule has 0 spiro atoms. The molecule has 0 saturated carbocycles. The minimum atomic E-state index is -4.86. The fourth-order valence-electron chi connectivity index (χ4n) is 3.81. The molecule has 160 valence electrons. The Morgan fingerprint density at radius 2 is 2.00 bits per heavy atom. The fraction of sp³-hybridized carbons (Fsp3) is 0.273. The molecule has 1 aromatic carbocycles. The van der Waals surface area contributed by atoms with E-state index in [-0.39, 0.29) is 18.2 Å². The number of alkyl halides is 3. The van der Waals surface area contributed by atoms with Gasteiger partial charge < -0.3 is 4.74 Å². The van der Waals surface area contributed by atoms with Crippen LogP contribution < -0.4 is 0 Å². The van der Waals surface area contributed by atoms with Gasteiger partial charge in [0, 0.05) is 17.5 Å². The third-order valence-electron chi connectivity index (χ3n) is 5.03. The first-order valence-electron chi connectivity index (χ1n) is 9.67. The van der Waals surface area contributed by atoms with Crippen LogP contribution in [0.2, 0.25) is 0 Å². The highest BCUT2D eigenvalue weighted by atomic mass is 19.4. The highest BCUT2D eigenvalue weighted by Gasteiger charge is 2.41. The second kappa shape index (κ2) is 7.64. The van der Waals surface area contributed by atoms with Crippen molar-refractivity contribution in [1.29, 1.82) is 0 Å². The molecule has 0 amide bonds. The van der Waals surface area contributed by atoms with Crippen LogP contribution in [0.3, 0.4) is 0 Å². The number of aryl methyl sites for hydroxylation is 2. The minimum Gasteiger partial charge on any atom is -0.462 e. The Kier molecular flexibility index (Phi) is 5.12. The van der Waals surface area contributed by atoms with Crippen molar-refractivity contribution in [2.45, 2.75) is 32.9 Å². The monoisotopic (exact) mass is 429 g/mol. The van der Waals surface area contributed by atoms with Crippen molar-refractivity contribution in [1.82, 2.24) is 14.8 Å². The number of hydrogen-bond donors (Lipinski definition) is 0. The fourth-order valence-corrected chi connectivity index (χ4v) is 3.81. The summed E-state index contributed by atoms with van der Waals surface area (Å²) in [6.45, 7) is 3.32. The number of nitrogens with zero attached hydrogens (tertiary/aromatic N) is 3. The summed E-state index contributed by atoms with van der Waals surface area (Å²) in [7, 11) is 0. The second-order valence-corrected chi connectivity index (χ2v) is 7.19. The quantitative estimate of drug-likeness (QED) is 0.568. The van der Waals surface area contributed by atoms with E-state index in [4.69, 9.17) is 4.74 Å². The van der Waals surface area contributed by atoms with Crippen LogP contribution in [-0.2, 0) is 17.3 Å². The number of carbonyl (C=O) groups is 2. The number of ketones is 1. The zero-order valence-electron chi connectivity index (χ0n) is 16.8. The lowest BCUT2D eigenvalue weighted by atomic mass is 9.97. The smallest absolute Gasteiger partial charge is 0.434 e. The summed E-state index contributed by atoms with van der Waals surface area (Å²) < 4.78 is 46.7. The van der Waals surface area contributed by atoms with Crippen molar-refractivity contribution < 1.29 is 27.5 Å². The molecule has 0 atom stereocenters. The van der Waals surface area contributed by atoms with Crippen molar-refractivity contribution in [3.8, 4) is 17.1 Å². The summed E-state index contributed by atoms with van der Waals surface area (Å²) in [5.41, 5.74) is 1.37. The van der Waals surface area contributed by atoms with Crippen LogP contribution in [0.5, 0.6) is 0 Å². The summed E-state index contributed by atoms with van der Waals surface area (Å²) in [4.78, 5) is 28.8. The third kappa shape index (κ3) is 3.71. The van der Waals surface area contributed by atoms with E-state index in [2.05, 4.69) is 10.1 Å². The summed E-state index contributed by atoms with van der Waals surface area (Å²) in [5.74, 6) is -1.25. The van der Waals surface area contributed by atoms with Gasteiger partial charge in [0.05, 0.1) is 18.5 Å². The number of halogens is 3. The van der Waals surface area contributed by atoms with Crippen LogP contribution >= 0.6 is 0 Å². The van der Waals surface area contributed by atoms with Gasteiger partial charge in [0.2, 0.25) is 0 Å². The Morgan fingerprint density at radius 1 is 1.23 bits per heavy atom. The van der Waals surface area contributed by atoms with Crippen LogP contribution in [0.1, 0.15) is 50.9 Å². The Bertz CT molecular complexity index is 1200. The maximum Gasteiger partial charge on any atom is 0.434 e. The van der Waals surface area contributed by atoms with Gasteiger partial charge >= 0.3 is 12.1 Å². The van der Waals surface area contributed by atoms with E-state index in [0.717, 1.165) is 17.3 Å². The molecular weight excluding hydrogens is 411 g/mol. The van der Waals surface area contributed by atoms with Gasteiger partial charge in [-0.3, -0.25) is 4.79 Å². The topological polar surface area (TPSA) is 74.1 Å². The number of aromatic nitrogens is 3. The van der Waals surface area contributed by atoms with Crippen molar-refractivity contribution in [3.63, 3.8) is 0 Å². The minimum absolute atomic E-state index is 0.0168. The molecule has 6 nitrogen and oxygen atoms in total. The predicted molar refractivity (Wildman–Crippen MR) is 105 cm³/mol. The van der Waals surface area contributed by atoms with Gasteiger partial charge in [-0.25, -0.2) is 14.5 Å². The molecule has 0 aliphatic heterocycles. The van der Waals surface area contributed by atoms with Gasteiger partial charge in [-0.05, 0) is 44.0 Å². The largest absolute Gasteiger partial charge is 0.462 e. The van der Waals surface area contributed by atoms with Gasteiger partial charge in [0.1, 0.15) is 5.56 Å². The highest BCUT2D eigenvalue weighted by Crippen LogP contribution is 2.36. The molecule has 4 rings (SSSR count). The average Bonchev–Trinajstić information content (AvgIpc) is 3.32. The van der Waals surface area contributed by atoms with Gasteiger partial charge in [-0.15, -0.1) is 0 Å². The Labute approximate surface area is 175 Å². The van der Waals surface area contributed by atoms with E-state index >= 15 is 0 Å². The third-order valence-corrected chi connectivity index (χ3v) is 5.03. The van der Waals surface area contributed by atoms with Crippen LogP contribution in [0.25, 0.3) is 17.1 Å². The number of hydrogen-bond acceptors (Lipinski definition) is 5. The molecule has 1 aliphatic carbocycles. The number of Topliss-reactive ketones (excluding diaryl/α,β-unsaturated/α-hetero) is 1. The van der Waals surface area contributed by atoms with E-state index < -0.39 is 23.4 Å². The first kappa shape index (κ1) is 20.8. The normalized spacial score (nSPS) is 13.4. The standard InChI is InChI=1S/C22H18F3N3O3/c1-3-31-21(30)15-11-26-28(20(15)22(23,24)25)18-6-4-5-16(27-18)14-10-12(2)9-13-7-8-17(29)19(13)14/h4-6,9-11H,3,7-8H2,1-2H3. The van der Waals surface area contributed by atoms with E-state index in [0.29, 0.717) is 34.3 Å². The molecule has 3 aromatic rings. The molecule has 31 heavy (non-hydrogen) atoms. The molecule has 1 aliphatic rings. The Hall–Kier alpha value is -3.49. The first-order chi connectivity index (χ1) is 14.7. The summed E-state index contributed by atoms with van der Waals surface area (Å²) in [6.07, 6.45) is -3.02. The predicted octanol–water partition coefficient (Wildman–Crippen LogP) is 4.57. The molecule has 2 aromatic heterocycles. The molecule has 0 radical (unpaired) electrons. The van der Waals surface area contributed by atoms with Crippen molar-refractivity contribution in [3.05, 3.63) is 64.5 Å². The number of fused-ring (bicyclic) bond motifs is 1. The average molecular weight is 429 g/mol. The van der Waals surface area contributed by atoms with Crippen molar-refractivity contribution in [2.24, 2.45) is 0 Å². The number of carbonyl (C=O) groups excluding carboxylic acids is 2. The zero-order valence-corrected chi connectivity index (χ0v) is 16.8. The maximum absolute atomic E-state index is 13.8. The van der Waals surface area contributed by atoms with Crippen LogP contribution in [-0.4, -0.2) is 33.1 Å². The maximum atomic E-state index is 13.8. The van der Waals surface area contributed by atoms with E-state index in [1.807, 2.05) is 13.0 Å². The summed E-state index contributed by atoms with van der Waals surface area (Å²) in [6, 6.07) is 8.27. The van der Waals surface area contributed by atoms with E-state index in [9.17, 15) is 22.8 Å².